The van der Waals surface area contributed by atoms with Crippen molar-refractivity contribution in [3.05, 3.63) is 54.5 Å². The van der Waals surface area contributed by atoms with Gasteiger partial charge in [0.25, 0.3) is 0 Å². The van der Waals surface area contributed by atoms with Gasteiger partial charge in [-0.3, -0.25) is 4.79 Å². The lowest BCUT2D eigenvalue weighted by atomic mass is 10.2. The number of nitrogens with zero attached hydrogens (tertiary/aromatic N) is 1. The minimum absolute atomic E-state index is 0.219. The van der Waals surface area contributed by atoms with Crippen LogP contribution in [-0.2, 0) is 26.2 Å². The smallest absolute Gasteiger partial charge is 0.243 e. The highest BCUT2D eigenvalue weighted by Gasteiger charge is 2.39. The van der Waals surface area contributed by atoms with Crippen LogP contribution in [0.4, 0.5) is 0 Å². The standard InChI is InChI=1S/C19H24N2O5S/c22-19(20-11-6-13-25-15-16-7-5-14-26-16)18-10-4-12-21(18)27(23,24)17-8-2-1-3-9-17/h1-3,5,7-9,14,18H,4,6,10-13,15H2,(H,20,22). The van der Waals surface area contributed by atoms with Gasteiger partial charge in [-0.15, -0.1) is 0 Å². The number of ether oxygens (including phenoxy) is 1. The first-order valence-corrected chi connectivity index (χ1v) is 10.5. The van der Waals surface area contributed by atoms with Gasteiger partial charge in [-0.1, -0.05) is 18.2 Å². The third-order valence-electron chi connectivity index (χ3n) is 4.45. The fourth-order valence-corrected chi connectivity index (χ4v) is 4.77. The molecule has 2 aromatic rings. The van der Waals surface area contributed by atoms with E-state index in [-0.39, 0.29) is 10.8 Å². The fraction of sp³-hybridized carbons (Fsp3) is 0.421. The van der Waals surface area contributed by atoms with E-state index < -0.39 is 16.1 Å². The molecule has 1 saturated heterocycles. The van der Waals surface area contributed by atoms with Crippen molar-refractivity contribution < 1.29 is 22.4 Å². The highest BCUT2D eigenvalue weighted by atomic mass is 32.2. The van der Waals surface area contributed by atoms with Crippen molar-refractivity contribution in [3.8, 4) is 0 Å². The van der Waals surface area contributed by atoms with E-state index in [0.29, 0.717) is 45.6 Å². The monoisotopic (exact) mass is 392 g/mol. The van der Waals surface area contributed by atoms with Crippen molar-refractivity contribution in [1.82, 2.24) is 9.62 Å². The van der Waals surface area contributed by atoms with Gasteiger partial charge in [0.1, 0.15) is 18.4 Å². The molecule has 8 heteroatoms. The maximum atomic E-state index is 12.8. The Balaban J connectivity index is 1.46. The molecule has 0 aliphatic carbocycles. The molecule has 146 valence electrons. The number of carbonyl (C=O) groups excluding carboxylic acids is 1. The minimum atomic E-state index is -3.66. The van der Waals surface area contributed by atoms with E-state index in [9.17, 15) is 13.2 Å². The molecule has 1 N–H and O–H groups in total. The van der Waals surface area contributed by atoms with Crippen LogP contribution in [0.2, 0.25) is 0 Å². The van der Waals surface area contributed by atoms with E-state index in [2.05, 4.69) is 5.32 Å². The molecule has 1 fully saturated rings. The SMILES string of the molecule is O=C(NCCCOCc1ccco1)C1CCCN1S(=O)(=O)c1ccccc1. The Morgan fingerprint density at radius 2 is 2.04 bits per heavy atom. The van der Waals surface area contributed by atoms with Crippen LogP contribution in [0.25, 0.3) is 0 Å². The first-order chi connectivity index (χ1) is 13.1. The molecule has 0 radical (unpaired) electrons. The van der Waals surface area contributed by atoms with Crippen molar-refractivity contribution >= 4 is 15.9 Å². The molecule has 0 bridgehead atoms. The fourth-order valence-electron chi connectivity index (χ4n) is 3.09. The Labute approximate surface area is 159 Å². The number of sulfonamides is 1. The summed E-state index contributed by atoms with van der Waals surface area (Å²) in [6.07, 6.45) is 3.45. The molecule has 1 atom stereocenters. The van der Waals surface area contributed by atoms with Crippen LogP contribution in [0.5, 0.6) is 0 Å². The average molecular weight is 392 g/mol. The Hall–Kier alpha value is -2.16. The molecule has 0 saturated carbocycles. The summed E-state index contributed by atoms with van der Waals surface area (Å²) in [7, 11) is -3.66. The third kappa shape index (κ3) is 4.97. The number of hydrogen-bond acceptors (Lipinski definition) is 5. The molecule has 2 heterocycles. The van der Waals surface area contributed by atoms with Gasteiger partial charge in [0.2, 0.25) is 15.9 Å². The van der Waals surface area contributed by atoms with Crippen molar-refractivity contribution in [2.75, 3.05) is 19.7 Å². The second-order valence-electron chi connectivity index (χ2n) is 6.36. The van der Waals surface area contributed by atoms with Crippen molar-refractivity contribution in [2.45, 2.75) is 36.8 Å². The van der Waals surface area contributed by atoms with Gasteiger partial charge >= 0.3 is 0 Å². The van der Waals surface area contributed by atoms with Crippen LogP contribution in [0.3, 0.4) is 0 Å². The summed E-state index contributed by atoms with van der Waals surface area (Å²) >= 11 is 0. The summed E-state index contributed by atoms with van der Waals surface area (Å²) in [5.41, 5.74) is 0. The Bertz CT molecular complexity index is 821. The normalized spacial score (nSPS) is 17.9. The number of furan rings is 1. The van der Waals surface area contributed by atoms with Crippen LogP contribution in [-0.4, -0.2) is 44.4 Å². The van der Waals surface area contributed by atoms with Gasteiger partial charge in [0.05, 0.1) is 11.2 Å². The maximum absolute atomic E-state index is 12.8. The predicted molar refractivity (Wildman–Crippen MR) is 99.3 cm³/mol. The zero-order chi connectivity index (χ0) is 19.1. The molecule has 3 rings (SSSR count). The zero-order valence-electron chi connectivity index (χ0n) is 15.0. The second kappa shape index (κ2) is 9.16. The average Bonchev–Trinajstić information content (AvgIpc) is 3.37. The van der Waals surface area contributed by atoms with Crippen molar-refractivity contribution in [3.63, 3.8) is 0 Å². The molecule has 1 aromatic carbocycles. The van der Waals surface area contributed by atoms with Crippen LogP contribution in [0, 0.1) is 0 Å². The van der Waals surface area contributed by atoms with E-state index in [4.69, 9.17) is 9.15 Å². The van der Waals surface area contributed by atoms with E-state index in [0.717, 1.165) is 5.76 Å². The molecule has 1 amide bonds. The summed E-state index contributed by atoms with van der Waals surface area (Å²) in [6, 6.07) is 11.2. The summed E-state index contributed by atoms with van der Waals surface area (Å²) in [5, 5.41) is 2.82. The lowest BCUT2D eigenvalue weighted by Gasteiger charge is -2.23. The number of rotatable bonds is 9. The highest BCUT2D eigenvalue weighted by Crippen LogP contribution is 2.26. The third-order valence-corrected chi connectivity index (χ3v) is 6.37. The molecule has 1 aliphatic rings. The lowest BCUT2D eigenvalue weighted by Crippen LogP contribution is -2.46. The van der Waals surface area contributed by atoms with Gasteiger partial charge < -0.3 is 14.5 Å². The van der Waals surface area contributed by atoms with E-state index in [1.165, 1.54) is 4.31 Å². The Kier molecular flexibility index (Phi) is 6.65. The van der Waals surface area contributed by atoms with Crippen molar-refractivity contribution in [1.29, 1.82) is 0 Å². The number of hydrogen-bond donors (Lipinski definition) is 1. The van der Waals surface area contributed by atoms with E-state index in [1.54, 1.807) is 42.7 Å². The van der Waals surface area contributed by atoms with Gasteiger partial charge in [0.15, 0.2) is 0 Å². The molecule has 1 aliphatic heterocycles. The minimum Gasteiger partial charge on any atom is -0.467 e. The number of amides is 1. The van der Waals surface area contributed by atoms with Crippen molar-refractivity contribution in [2.24, 2.45) is 0 Å². The molecule has 27 heavy (non-hydrogen) atoms. The molecular formula is C19H24N2O5S. The topological polar surface area (TPSA) is 88.8 Å². The first kappa shape index (κ1) is 19.6. The largest absolute Gasteiger partial charge is 0.467 e. The molecule has 1 unspecified atom stereocenters. The summed E-state index contributed by atoms with van der Waals surface area (Å²) < 4.78 is 37.5. The number of benzene rings is 1. The van der Waals surface area contributed by atoms with E-state index >= 15 is 0 Å². The van der Waals surface area contributed by atoms with Gasteiger partial charge in [0, 0.05) is 19.7 Å². The number of carbonyl (C=O) groups is 1. The predicted octanol–water partition coefficient (Wildman–Crippen LogP) is 2.16. The van der Waals surface area contributed by atoms with Crippen LogP contribution >= 0.6 is 0 Å². The quantitative estimate of drug-likeness (QED) is 0.661. The van der Waals surface area contributed by atoms with Gasteiger partial charge in [-0.25, -0.2) is 8.42 Å². The summed E-state index contributed by atoms with van der Waals surface area (Å²) in [4.78, 5) is 12.7. The summed E-state index contributed by atoms with van der Waals surface area (Å²) in [6.45, 7) is 1.68. The molecular weight excluding hydrogens is 368 g/mol. The summed E-state index contributed by atoms with van der Waals surface area (Å²) in [5.74, 6) is 0.504. The molecule has 7 nitrogen and oxygen atoms in total. The van der Waals surface area contributed by atoms with E-state index in [1.807, 2.05) is 6.07 Å². The first-order valence-electron chi connectivity index (χ1n) is 9.04. The molecule has 0 spiro atoms. The number of nitrogens with one attached hydrogen (secondary N) is 1. The lowest BCUT2D eigenvalue weighted by molar-refractivity contribution is -0.124. The highest BCUT2D eigenvalue weighted by molar-refractivity contribution is 7.89. The molecule has 1 aromatic heterocycles. The van der Waals surface area contributed by atoms with Crippen LogP contribution in [0.1, 0.15) is 25.0 Å². The maximum Gasteiger partial charge on any atom is 0.243 e. The van der Waals surface area contributed by atoms with Gasteiger partial charge in [-0.2, -0.15) is 4.31 Å². The zero-order valence-corrected chi connectivity index (χ0v) is 15.9. The Morgan fingerprint density at radius 3 is 2.78 bits per heavy atom. The Morgan fingerprint density at radius 1 is 1.22 bits per heavy atom. The van der Waals surface area contributed by atoms with Crippen LogP contribution < -0.4 is 5.32 Å². The van der Waals surface area contributed by atoms with Crippen LogP contribution in [0.15, 0.2) is 58.0 Å². The second-order valence-corrected chi connectivity index (χ2v) is 8.25. The van der Waals surface area contributed by atoms with Gasteiger partial charge in [-0.05, 0) is 43.5 Å².